The summed E-state index contributed by atoms with van der Waals surface area (Å²) < 4.78 is 5.05. The summed E-state index contributed by atoms with van der Waals surface area (Å²) in [5, 5.41) is 14.2. The number of nitrogens with zero attached hydrogens (tertiary/aromatic N) is 2. The average molecular weight is 461 g/mol. The largest absolute Gasteiger partial charge is 0.496 e. The first-order chi connectivity index (χ1) is 16.4. The number of hydrogen-bond donors (Lipinski definition) is 1. The Morgan fingerprint density at radius 3 is 2.35 bits per heavy atom. The summed E-state index contributed by atoms with van der Waals surface area (Å²) in [7, 11) is 1.39. The molecule has 2 fully saturated rings. The van der Waals surface area contributed by atoms with Gasteiger partial charge in [-0.05, 0) is 36.0 Å². The molecule has 1 N–H and O–H groups in total. The molecule has 2 aromatic rings. The first-order valence-corrected chi connectivity index (χ1v) is 11.1. The molecule has 2 aliphatic carbocycles. The van der Waals surface area contributed by atoms with Gasteiger partial charge in [-0.2, -0.15) is 0 Å². The van der Waals surface area contributed by atoms with Crippen molar-refractivity contribution in [2.75, 3.05) is 12.4 Å². The Labute approximate surface area is 195 Å². The molecule has 1 aliphatic heterocycles. The standard InChI is InChI=1S/C25H23N3O6/c1-34-17-9-10-18(19(13-17)28(32)33)26-23(29)20(11-14-5-3-2-4-6-14)27-24(30)21-15-7-8-16(12-15)22(21)25(27)31/h2-10,13,15-16,20-22H,11-12H2,1H3,(H,26,29)/t15-,16-,20-,21+,22+/m0/s1. The summed E-state index contributed by atoms with van der Waals surface area (Å²) in [5.41, 5.74) is 0.393. The van der Waals surface area contributed by atoms with Crippen LogP contribution >= 0.6 is 0 Å². The molecule has 2 bridgehead atoms. The molecule has 1 heterocycles. The monoisotopic (exact) mass is 461 g/mol. The minimum absolute atomic E-state index is 0.0135. The number of fused-ring (bicyclic) bond motifs is 5. The van der Waals surface area contributed by atoms with Gasteiger partial charge in [0.2, 0.25) is 17.7 Å². The van der Waals surface area contributed by atoms with Crippen molar-refractivity contribution in [3.05, 3.63) is 76.4 Å². The molecular formula is C25H23N3O6. The number of anilines is 1. The fraction of sp³-hybridized carbons (Fsp3) is 0.320. The van der Waals surface area contributed by atoms with Crippen molar-refractivity contribution in [3.8, 4) is 5.75 Å². The van der Waals surface area contributed by atoms with Crippen molar-refractivity contribution in [1.82, 2.24) is 4.90 Å². The molecule has 0 aromatic heterocycles. The molecule has 1 saturated heterocycles. The van der Waals surface area contributed by atoms with Crippen LogP contribution in [0.5, 0.6) is 5.75 Å². The van der Waals surface area contributed by atoms with E-state index in [0.717, 1.165) is 16.9 Å². The van der Waals surface area contributed by atoms with Crippen LogP contribution in [0.2, 0.25) is 0 Å². The number of nitro benzene ring substituents is 1. The predicted molar refractivity (Wildman–Crippen MR) is 122 cm³/mol. The third-order valence-electron chi connectivity index (χ3n) is 7.05. The SMILES string of the molecule is COc1ccc(NC(=O)[C@H](Cc2ccccc2)N2C(=O)[C@H]3[C@H](C2=O)[C@H]2C=C[C@H]3C2)c([N+](=O)[O-])c1. The lowest BCUT2D eigenvalue weighted by atomic mass is 9.85. The number of nitro groups is 1. The molecular weight excluding hydrogens is 438 g/mol. The number of carbonyl (C=O) groups is 3. The molecule has 0 unspecified atom stereocenters. The number of likely N-dealkylation sites (tertiary alicyclic amines) is 1. The van der Waals surface area contributed by atoms with E-state index >= 15 is 0 Å². The van der Waals surface area contributed by atoms with Gasteiger partial charge in [0.05, 0.1) is 29.9 Å². The van der Waals surface area contributed by atoms with E-state index in [9.17, 15) is 24.5 Å². The van der Waals surface area contributed by atoms with Gasteiger partial charge in [-0.1, -0.05) is 42.5 Å². The van der Waals surface area contributed by atoms with Crippen molar-refractivity contribution in [1.29, 1.82) is 0 Å². The highest BCUT2D eigenvalue weighted by molar-refractivity contribution is 6.11. The van der Waals surface area contributed by atoms with Crippen molar-refractivity contribution in [2.24, 2.45) is 23.7 Å². The van der Waals surface area contributed by atoms with Crippen LogP contribution in [0.25, 0.3) is 0 Å². The molecule has 0 spiro atoms. The Hall–Kier alpha value is -4.01. The van der Waals surface area contributed by atoms with Gasteiger partial charge in [0.1, 0.15) is 17.5 Å². The highest BCUT2D eigenvalue weighted by Gasteiger charge is 2.61. The summed E-state index contributed by atoms with van der Waals surface area (Å²) in [4.78, 5) is 52.4. The maximum Gasteiger partial charge on any atom is 0.296 e. The normalized spacial score (nSPS) is 25.4. The number of imide groups is 1. The van der Waals surface area contributed by atoms with Crippen LogP contribution in [0.4, 0.5) is 11.4 Å². The number of nitrogens with one attached hydrogen (secondary N) is 1. The van der Waals surface area contributed by atoms with Crippen LogP contribution in [0.1, 0.15) is 12.0 Å². The van der Waals surface area contributed by atoms with E-state index in [0.29, 0.717) is 0 Å². The third-order valence-corrected chi connectivity index (χ3v) is 7.05. The lowest BCUT2D eigenvalue weighted by molar-refractivity contribution is -0.384. The number of benzene rings is 2. The topological polar surface area (TPSA) is 119 Å². The van der Waals surface area contributed by atoms with Gasteiger partial charge in [0.15, 0.2) is 0 Å². The number of hydrogen-bond acceptors (Lipinski definition) is 6. The zero-order chi connectivity index (χ0) is 24.0. The van der Waals surface area contributed by atoms with Gasteiger partial charge < -0.3 is 10.1 Å². The zero-order valence-corrected chi connectivity index (χ0v) is 18.4. The highest BCUT2D eigenvalue weighted by Crippen LogP contribution is 2.53. The average Bonchev–Trinajstić information content (AvgIpc) is 3.52. The second kappa shape index (κ2) is 8.40. The number of methoxy groups -OCH3 is 1. The predicted octanol–water partition coefficient (Wildman–Crippen LogP) is 2.96. The summed E-state index contributed by atoms with van der Waals surface area (Å²) in [6.45, 7) is 0. The zero-order valence-electron chi connectivity index (χ0n) is 18.4. The molecule has 174 valence electrons. The molecule has 5 rings (SSSR count). The van der Waals surface area contributed by atoms with Gasteiger partial charge in [-0.25, -0.2) is 0 Å². The lowest BCUT2D eigenvalue weighted by Crippen LogP contribution is -2.49. The van der Waals surface area contributed by atoms with E-state index in [1.165, 1.54) is 25.3 Å². The highest BCUT2D eigenvalue weighted by atomic mass is 16.6. The minimum Gasteiger partial charge on any atom is -0.496 e. The minimum atomic E-state index is -1.13. The number of amides is 3. The number of rotatable bonds is 7. The second-order valence-corrected chi connectivity index (χ2v) is 8.88. The molecule has 2 aromatic carbocycles. The maximum absolute atomic E-state index is 13.5. The summed E-state index contributed by atoms with van der Waals surface area (Å²) in [6.07, 6.45) is 4.88. The van der Waals surface area contributed by atoms with Gasteiger partial charge >= 0.3 is 0 Å². The summed E-state index contributed by atoms with van der Waals surface area (Å²) >= 11 is 0. The van der Waals surface area contributed by atoms with Crippen LogP contribution in [-0.2, 0) is 20.8 Å². The Balaban J connectivity index is 1.48. The van der Waals surface area contributed by atoms with E-state index in [-0.39, 0.29) is 47.2 Å². The van der Waals surface area contributed by atoms with E-state index in [1.54, 1.807) is 0 Å². The first kappa shape index (κ1) is 21.8. The molecule has 34 heavy (non-hydrogen) atoms. The van der Waals surface area contributed by atoms with Crippen LogP contribution in [0.3, 0.4) is 0 Å². The van der Waals surface area contributed by atoms with E-state index in [4.69, 9.17) is 4.74 Å². The fourth-order valence-corrected chi connectivity index (χ4v) is 5.48. The van der Waals surface area contributed by atoms with Crippen LogP contribution in [0, 0.1) is 33.8 Å². The van der Waals surface area contributed by atoms with Gasteiger partial charge in [-0.15, -0.1) is 0 Å². The molecule has 5 atom stereocenters. The Bertz CT molecular complexity index is 1180. The Morgan fingerprint density at radius 2 is 1.76 bits per heavy atom. The van der Waals surface area contributed by atoms with Gasteiger partial charge in [0, 0.05) is 6.42 Å². The quantitative estimate of drug-likeness (QED) is 0.293. The molecule has 9 nitrogen and oxygen atoms in total. The number of carbonyl (C=O) groups excluding carboxylic acids is 3. The molecule has 3 aliphatic rings. The van der Waals surface area contributed by atoms with E-state index in [2.05, 4.69) is 5.32 Å². The van der Waals surface area contributed by atoms with Crippen LogP contribution in [-0.4, -0.2) is 40.7 Å². The summed E-state index contributed by atoms with van der Waals surface area (Å²) in [6, 6.07) is 12.0. The molecule has 0 radical (unpaired) electrons. The number of ether oxygens (including phenoxy) is 1. The molecule has 3 amide bonds. The van der Waals surface area contributed by atoms with Crippen LogP contribution < -0.4 is 10.1 Å². The summed E-state index contributed by atoms with van der Waals surface area (Å²) in [5.74, 6) is -1.92. The van der Waals surface area contributed by atoms with Crippen molar-refractivity contribution in [2.45, 2.75) is 18.9 Å². The Morgan fingerprint density at radius 1 is 1.12 bits per heavy atom. The molecule has 9 heteroatoms. The van der Waals surface area contributed by atoms with Crippen molar-refractivity contribution in [3.63, 3.8) is 0 Å². The van der Waals surface area contributed by atoms with Crippen molar-refractivity contribution >= 4 is 29.1 Å². The lowest BCUT2D eigenvalue weighted by Gasteiger charge is -2.27. The first-order valence-electron chi connectivity index (χ1n) is 11.1. The maximum atomic E-state index is 13.5. The van der Waals surface area contributed by atoms with Crippen LogP contribution in [0.15, 0.2) is 60.7 Å². The smallest absolute Gasteiger partial charge is 0.296 e. The third kappa shape index (κ3) is 3.53. The van der Waals surface area contributed by atoms with E-state index in [1.807, 2.05) is 42.5 Å². The second-order valence-electron chi connectivity index (χ2n) is 8.88. The fourth-order valence-electron chi connectivity index (χ4n) is 5.48. The van der Waals surface area contributed by atoms with Gasteiger partial charge in [-0.3, -0.25) is 29.4 Å². The van der Waals surface area contributed by atoms with E-state index < -0.39 is 28.7 Å². The molecule has 1 saturated carbocycles. The number of allylic oxidation sites excluding steroid dienone is 2. The Kier molecular flexibility index (Phi) is 5.39. The van der Waals surface area contributed by atoms with Crippen molar-refractivity contribution < 1.29 is 24.0 Å². The van der Waals surface area contributed by atoms with Gasteiger partial charge in [0.25, 0.3) is 5.69 Å².